The first-order chi connectivity index (χ1) is 8.56. The summed E-state index contributed by atoms with van der Waals surface area (Å²) in [6, 6.07) is 8.35. The lowest BCUT2D eigenvalue weighted by Crippen LogP contribution is -2.20. The van der Waals surface area contributed by atoms with Gasteiger partial charge in [0, 0.05) is 5.56 Å². The van der Waals surface area contributed by atoms with Crippen molar-refractivity contribution in [2.45, 2.75) is 66.0 Å². The normalized spacial score (nSPS) is 16.3. The zero-order chi connectivity index (χ0) is 13.5. The SMILES string of the molecule is CCC(C)OC(OC(C)CC)c1cccc(C)c1. The van der Waals surface area contributed by atoms with Gasteiger partial charge in [-0.25, -0.2) is 0 Å². The van der Waals surface area contributed by atoms with Crippen molar-refractivity contribution in [2.24, 2.45) is 0 Å². The molecule has 102 valence electrons. The van der Waals surface area contributed by atoms with Gasteiger partial charge in [0.15, 0.2) is 6.29 Å². The molecule has 0 aliphatic rings. The Hall–Kier alpha value is -0.860. The largest absolute Gasteiger partial charge is 0.345 e. The van der Waals surface area contributed by atoms with E-state index in [1.54, 1.807) is 0 Å². The second-order valence-corrected chi connectivity index (χ2v) is 4.96. The molecule has 18 heavy (non-hydrogen) atoms. The molecule has 0 fully saturated rings. The van der Waals surface area contributed by atoms with Crippen LogP contribution in [0.3, 0.4) is 0 Å². The van der Waals surface area contributed by atoms with Gasteiger partial charge in [-0.3, -0.25) is 0 Å². The van der Waals surface area contributed by atoms with Gasteiger partial charge in [-0.15, -0.1) is 0 Å². The third kappa shape index (κ3) is 4.79. The lowest BCUT2D eigenvalue weighted by Gasteiger charge is -2.25. The topological polar surface area (TPSA) is 18.5 Å². The van der Waals surface area contributed by atoms with Crippen LogP contribution >= 0.6 is 0 Å². The highest BCUT2D eigenvalue weighted by Gasteiger charge is 2.18. The quantitative estimate of drug-likeness (QED) is 0.657. The number of aryl methyl sites for hydroxylation is 1. The lowest BCUT2D eigenvalue weighted by atomic mass is 10.1. The van der Waals surface area contributed by atoms with Gasteiger partial charge in [-0.05, 0) is 33.6 Å². The zero-order valence-corrected chi connectivity index (χ0v) is 12.3. The van der Waals surface area contributed by atoms with Crippen LogP contribution in [0, 0.1) is 6.92 Å². The summed E-state index contributed by atoms with van der Waals surface area (Å²) in [5, 5.41) is 0. The van der Waals surface area contributed by atoms with Gasteiger partial charge in [0.2, 0.25) is 0 Å². The first-order valence-electron chi connectivity index (χ1n) is 6.94. The molecule has 0 heterocycles. The van der Waals surface area contributed by atoms with Crippen molar-refractivity contribution in [3.8, 4) is 0 Å². The smallest absolute Gasteiger partial charge is 0.184 e. The molecule has 0 spiro atoms. The van der Waals surface area contributed by atoms with Gasteiger partial charge >= 0.3 is 0 Å². The van der Waals surface area contributed by atoms with E-state index in [1.165, 1.54) is 5.56 Å². The Labute approximate surface area is 111 Å². The molecular weight excluding hydrogens is 224 g/mol. The van der Waals surface area contributed by atoms with E-state index in [0.29, 0.717) is 0 Å². The van der Waals surface area contributed by atoms with Crippen molar-refractivity contribution in [1.82, 2.24) is 0 Å². The fourth-order valence-corrected chi connectivity index (χ4v) is 1.62. The third-order valence-electron chi connectivity index (χ3n) is 3.18. The van der Waals surface area contributed by atoms with Crippen LogP contribution in [-0.4, -0.2) is 12.2 Å². The molecule has 1 aromatic rings. The van der Waals surface area contributed by atoms with Crippen molar-refractivity contribution in [3.05, 3.63) is 35.4 Å². The number of hydrogen-bond donors (Lipinski definition) is 0. The molecule has 1 aromatic carbocycles. The summed E-state index contributed by atoms with van der Waals surface area (Å²) in [6.45, 7) is 10.5. The van der Waals surface area contributed by atoms with Crippen molar-refractivity contribution in [3.63, 3.8) is 0 Å². The van der Waals surface area contributed by atoms with Crippen molar-refractivity contribution in [2.75, 3.05) is 0 Å². The summed E-state index contributed by atoms with van der Waals surface area (Å²) in [4.78, 5) is 0. The molecule has 0 N–H and O–H groups in total. The Balaban J connectivity index is 2.82. The highest BCUT2D eigenvalue weighted by atomic mass is 16.7. The fraction of sp³-hybridized carbons (Fsp3) is 0.625. The average molecular weight is 250 g/mol. The van der Waals surface area contributed by atoms with Gasteiger partial charge in [0.1, 0.15) is 0 Å². The van der Waals surface area contributed by atoms with E-state index in [-0.39, 0.29) is 18.5 Å². The average Bonchev–Trinajstić information content (AvgIpc) is 2.37. The van der Waals surface area contributed by atoms with Crippen LogP contribution in [0.15, 0.2) is 24.3 Å². The van der Waals surface area contributed by atoms with Crippen LogP contribution in [0.5, 0.6) is 0 Å². The number of hydrogen-bond acceptors (Lipinski definition) is 2. The summed E-state index contributed by atoms with van der Waals surface area (Å²) < 4.78 is 12.0. The molecule has 2 unspecified atom stereocenters. The maximum Gasteiger partial charge on any atom is 0.184 e. The summed E-state index contributed by atoms with van der Waals surface area (Å²) in [7, 11) is 0. The van der Waals surface area contributed by atoms with Crippen LogP contribution in [0.2, 0.25) is 0 Å². The van der Waals surface area contributed by atoms with E-state index in [0.717, 1.165) is 18.4 Å². The van der Waals surface area contributed by atoms with Gasteiger partial charge in [-0.2, -0.15) is 0 Å². The van der Waals surface area contributed by atoms with Crippen molar-refractivity contribution >= 4 is 0 Å². The van der Waals surface area contributed by atoms with E-state index >= 15 is 0 Å². The van der Waals surface area contributed by atoms with Gasteiger partial charge in [-0.1, -0.05) is 43.7 Å². The molecule has 0 saturated heterocycles. The Morgan fingerprint density at radius 3 is 2.00 bits per heavy atom. The first-order valence-corrected chi connectivity index (χ1v) is 6.94. The van der Waals surface area contributed by atoms with E-state index in [4.69, 9.17) is 9.47 Å². The van der Waals surface area contributed by atoms with Gasteiger partial charge in [0.25, 0.3) is 0 Å². The van der Waals surface area contributed by atoms with Crippen LogP contribution in [0.25, 0.3) is 0 Å². The van der Waals surface area contributed by atoms with Crippen LogP contribution < -0.4 is 0 Å². The Bertz CT molecular complexity index is 337. The summed E-state index contributed by atoms with van der Waals surface area (Å²) in [5.74, 6) is 0. The highest BCUT2D eigenvalue weighted by Crippen LogP contribution is 2.24. The molecule has 2 atom stereocenters. The van der Waals surface area contributed by atoms with Gasteiger partial charge in [0.05, 0.1) is 12.2 Å². The highest BCUT2D eigenvalue weighted by molar-refractivity contribution is 5.23. The lowest BCUT2D eigenvalue weighted by molar-refractivity contribution is -0.193. The Morgan fingerprint density at radius 1 is 1.00 bits per heavy atom. The van der Waals surface area contributed by atoms with Crippen molar-refractivity contribution < 1.29 is 9.47 Å². The molecular formula is C16H26O2. The van der Waals surface area contributed by atoms with Crippen LogP contribution in [-0.2, 0) is 9.47 Å². The van der Waals surface area contributed by atoms with Crippen molar-refractivity contribution in [1.29, 1.82) is 0 Å². The molecule has 0 radical (unpaired) electrons. The molecule has 0 amide bonds. The predicted octanol–water partition coefficient (Wildman–Crippen LogP) is 4.62. The van der Waals surface area contributed by atoms with Crippen LogP contribution in [0.4, 0.5) is 0 Å². The number of rotatable bonds is 7. The molecule has 0 saturated carbocycles. The van der Waals surface area contributed by atoms with Gasteiger partial charge < -0.3 is 9.47 Å². The minimum atomic E-state index is -0.255. The summed E-state index contributed by atoms with van der Waals surface area (Å²) in [5.41, 5.74) is 2.34. The standard InChI is InChI=1S/C16H26O2/c1-6-13(4)17-16(18-14(5)7-2)15-10-8-9-12(3)11-15/h8-11,13-14,16H,6-7H2,1-5H3. The molecule has 1 rings (SSSR count). The summed E-state index contributed by atoms with van der Waals surface area (Å²) >= 11 is 0. The van der Waals surface area contributed by atoms with E-state index in [1.807, 2.05) is 0 Å². The maximum absolute atomic E-state index is 5.99. The second kappa shape index (κ2) is 7.55. The minimum Gasteiger partial charge on any atom is -0.345 e. The van der Waals surface area contributed by atoms with Crippen LogP contribution in [0.1, 0.15) is 58.0 Å². The summed E-state index contributed by atoms with van der Waals surface area (Å²) in [6.07, 6.45) is 2.15. The molecule has 0 aliphatic carbocycles. The maximum atomic E-state index is 5.99. The zero-order valence-electron chi connectivity index (χ0n) is 12.3. The molecule has 0 aliphatic heterocycles. The Kier molecular flexibility index (Phi) is 6.37. The number of ether oxygens (including phenoxy) is 2. The fourth-order valence-electron chi connectivity index (χ4n) is 1.62. The third-order valence-corrected chi connectivity index (χ3v) is 3.18. The minimum absolute atomic E-state index is 0.208. The van der Waals surface area contributed by atoms with E-state index < -0.39 is 0 Å². The molecule has 0 bridgehead atoms. The molecule has 2 nitrogen and oxygen atoms in total. The first kappa shape index (κ1) is 15.2. The van der Waals surface area contributed by atoms with E-state index in [2.05, 4.69) is 58.9 Å². The second-order valence-electron chi connectivity index (χ2n) is 4.96. The number of benzene rings is 1. The molecule has 0 aromatic heterocycles. The predicted molar refractivity (Wildman–Crippen MR) is 75.6 cm³/mol. The van der Waals surface area contributed by atoms with E-state index in [9.17, 15) is 0 Å². The monoisotopic (exact) mass is 250 g/mol. The Morgan fingerprint density at radius 2 is 1.56 bits per heavy atom. The molecule has 2 heteroatoms.